The van der Waals surface area contributed by atoms with E-state index < -0.39 is 0 Å². The van der Waals surface area contributed by atoms with Crippen molar-refractivity contribution in [2.45, 2.75) is 51.7 Å². The summed E-state index contributed by atoms with van der Waals surface area (Å²) in [5.41, 5.74) is 13.2. The Morgan fingerprint density at radius 2 is 1.87 bits per heavy atom. The van der Waals surface area contributed by atoms with Crippen LogP contribution >= 0.6 is 0 Å². The molecule has 0 bridgehead atoms. The minimum Gasteiger partial charge on any atom is -0.376 e. The van der Waals surface area contributed by atoms with Gasteiger partial charge in [-0.25, -0.2) is 0 Å². The first-order valence-corrected chi connectivity index (χ1v) is 5.23. The van der Waals surface area contributed by atoms with Crippen LogP contribution in [0.2, 0.25) is 0 Å². The third-order valence-electron chi connectivity index (χ3n) is 2.27. The fourth-order valence-electron chi connectivity index (χ4n) is 1.17. The normalized spacial score (nSPS) is 12.3. The molecule has 15 heavy (non-hydrogen) atoms. The van der Waals surface area contributed by atoms with E-state index in [0.717, 1.165) is 6.42 Å². The number of hydrogen-bond acceptors (Lipinski definition) is 3. The average Bonchev–Trinajstić information content (AvgIpc) is 2.02. The Kier molecular flexibility index (Phi) is 5.65. The molecule has 88 valence electrons. The molecule has 0 aliphatic heterocycles. The molecule has 5 heteroatoms. The van der Waals surface area contributed by atoms with Crippen LogP contribution in [-0.4, -0.2) is 24.3 Å². The molecule has 0 saturated carbocycles. The Morgan fingerprint density at radius 1 is 1.27 bits per heavy atom. The fourth-order valence-corrected chi connectivity index (χ4v) is 1.17. The van der Waals surface area contributed by atoms with Gasteiger partial charge in [0.25, 0.3) is 0 Å². The Balaban J connectivity index is 3.93. The highest BCUT2D eigenvalue weighted by Crippen LogP contribution is 2.18. The fraction of sp³-hybridized carbons (Fsp3) is 1.00. The van der Waals surface area contributed by atoms with E-state index in [1.807, 2.05) is 27.7 Å². The van der Waals surface area contributed by atoms with Crippen molar-refractivity contribution >= 4 is 0 Å². The molecule has 0 saturated heterocycles. The maximum atomic E-state index is 8.35. The van der Waals surface area contributed by atoms with E-state index in [4.69, 9.17) is 16.0 Å². The van der Waals surface area contributed by atoms with E-state index in [-0.39, 0.29) is 11.1 Å². The molecule has 0 fully saturated rings. The summed E-state index contributed by atoms with van der Waals surface area (Å²) in [6, 6.07) is 0. The van der Waals surface area contributed by atoms with Crippen molar-refractivity contribution in [1.29, 1.82) is 0 Å². The molecule has 0 amide bonds. The van der Waals surface area contributed by atoms with E-state index >= 15 is 0 Å². The highest BCUT2D eigenvalue weighted by atomic mass is 16.5. The van der Waals surface area contributed by atoms with E-state index in [9.17, 15) is 0 Å². The van der Waals surface area contributed by atoms with Gasteiger partial charge in [-0.2, -0.15) is 0 Å². The molecule has 0 spiro atoms. The maximum absolute atomic E-state index is 8.35. The second-order valence-corrected chi connectivity index (χ2v) is 4.90. The van der Waals surface area contributed by atoms with E-state index in [2.05, 4.69) is 10.0 Å². The Morgan fingerprint density at radius 3 is 2.33 bits per heavy atom. The summed E-state index contributed by atoms with van der Waals surface area (Å²) in [6.07, 6.45) is 1.54. The highest BCUT2D eigenvalue weighted by Gasteiger charge is 2.20. The Bertz CT molecular complexity index is 232. The smallest absolute Gasteiger partial charge is 0.0638 e. The van der Waals surface area contributed by atoms with Gasteiger partial charge in [0.2, 0.25) is 0 Å². The minimum absolute atomic E-state index is 0.193. The first-order chi connectivity index (χ1) is 6.83. The van der Waals surface area contributed by atoms with Crippen LogP contribution in [0.5, 0.6) is 0 Å². The van der Waals surface area contributed by atoms with Crippen molar-refractivity contribution in [2.75, 3.05) is 13.2 Å². The summed E-state index contributed by atoms with van der Waals surface area (Å²) < 4.78 is 5.69. The molecular weight excluding hydrogens is 192 g/mol. The van der Waals surface area contributed by atoms with Gasteiger partial charge in [-0.05, 0) is 38.8 Å². The van der Waals surface area contributed by atoms with Crippen LogP contribution in [-0.2, 0) is 4.74 Å². The average molecular weight is 214 g/mol. The quantitative estimate of drug-likeness (QED) is 0.401. The van der Waals surface area contributed by atoms with E-state index in [1.165, 1.54) is 0 Å². The molecule has 0 unspecified atom stereocenters. The number of nitrogens with two attached hydrogens (primary N) is 1. The summed E-state index contributed by atoms with van der Waals surface area (Å²) in [7, 11) is 0. The van der Waals surface area contributed by atoms with Gasteiger partial charge in [0.1, 0.15) is 0 Å². The minimum atomic E-state index is -0.381. The van der Waals surface area contributed by atoms with Gasteiger partial charge in [-0.1, -0.05) is 19.0 Å². The number of rotatable bonds is 7. The van der Waals surface area contributed by atoms with E-state index in [1.54, 1.807) is 0 Å². The van der Waals surface area contributed by atoms with E-state index in [0.29, 0.717) is 19.6 Å². The second-order valence-electron chi connectivity index (χ2n) is 4.90. The predicted octanol–water partition coefficient (Wildman–Crippen LogP) is 2.61. The summed E-state index contributed by atoms with van der Waals surface area (Å²) >= 11 is 0. The third kappa shape index (κ3) is 7.19. The van der Waals surface area contributed by atoms with Gasteiger partial charge >= 0.3 is 0 Å². The molecule has 2 N–H and O–H groups in total. The van der Waals surface area contributed by atoms with Gasteiger partial charge in [-0.15, -0.1) is 0 Å². The van der Waals surface area contributed by atoms with Gasteiger partial charge < -0.3 is 10.5 Å². The van der Waals surface area contributed by atoms with Crippen molar-refractivity contribution in [2.24, 2.45) is 10.8 Å². The number of hydrogen-bond donors (Lipinski definition) is 1. The lowest BCUT2D eigenvalue weighted by molar-refractivity contribution is -0.0273. The second kappa shape index (κ2) is 5.95. The maximum Gasteiger partial charge on any atom is 0.0638 e. The first-order valence-electron chi connectivity index (χ1n) is 5.23. The van der Waals surface area contributed by atoms with Gasteiger partial charge in [0, 0.05) is 17.1 Å². The third-order valence-corrected chi connectivity index (χ3v) is 2.27. The SMILES string of the molecule is CC(C)(CCOC(C)(C)CCN)N=[N+]=[N-]. The predicted molar refractivity (Wildman–Crippen MR) is 61.5 cm³/mol. The molecule has 0 aliphatic carbocycles. The summed E-state index contributed by atoms with van der Waals surface area (Å²) in [5, 5.41) is 3.70. The van der Waals surface area contributed by atoms with Crippen LogP contribution in [0.15, 0.2) is 5.11 Å². The highest BCUT2D eigenvalue weighted by molar-refractivity contribution is 4.78. The standard InChI is InChI=1S/C10H22N4O/c1-9(2,13-14-12)6-8-15-10(3,4)5-7-11/h5-8,11H2,1-4H3. The molecule has 0 aromatic heterocycles. The summed E-state index contributed by atoms with van der Waals surface area (Å²) in [4.78, 5) is 2.81. The van der Waals surface area contributed by atoms with Crippen molar-refractivity contribution < 1.29 is 4.74 Å². The molecule has 0 atom stereocenters. The molecule has 5 nitrogen and oxygen atoms in total. The van der Waals surface area contributed by atoms with Crippen molar-refractivity contribution in [3.63, 3.8) is 0 Å². The van der Waals surface area contributed by atoms with Crippen LogP contribution in [0.3, 0.4) is 0 Å². The number of ether oxygens (including phenoxy) is 1. The molecular formula is C10H22N4O. The zero-order valence-corrected chi connectivity index (χ0v) is 10.2. The lowest BCUT2D eigenvalue weighted by Gasteiger charge is -2.27. The molecule has 0 aromatic carbocycles. The monoisotopic (exact) mass is 214 g/mol. The lowest BCUT2D eigenvalue weighted by Crippen LogP contribution is -2.30. The molecule has 0 radical (unpaired) electrons. The number of nitrogens with zero attached hydrogens (tertiary/aromatic N) is 3. The van der Waals surface area contributed by atoms with Crippen LogP contribution in [0.25, 0.3) is 10.4 Å². The first kappa shape index (κ1) is 14.2. The van der Waals surface area contributed by atoms with Gasteiger partial charge in [0.15, 0.2) is 0 Å². The van der Waals surface area contributed by atoms with Crippen LogP contribution in [0.1, 0.15) is 40.5 Å². The van der Waals surface area contributed by atoms with Crippen molar-refractivity contribution in [3.05, 3.63) is 10.4 Å². The van der Waals surface area contributed by atoms with Gasteiger partial charge in [0.05, 0.1) is 5.60 Å². The van der Waals surface area contributed by atoms with Crippen LogP contribution in [0, 0.1) is 0 Å². The summed E-state index contributed by atoms with van der Waals surface area (Å²) in [6.45, 7) is 9.02. The number of azide groups is 1. The molecule has 0 rings (SSSR count). The Hall–Kier alpha value is -0.770. The lowest BCUT2D eigenvalue weighted by atomic mass is 10.0. The largest absolute Gasteiger partial charge is 0.376 e. The zero-order chi connectivity index (χ0) is 11.9. The molecule has 0 aromatic rings. The van der Waals surface area contributed by atoms with Crippen LogP contribution in [0.4, 0.5) is 0 Å². The topological polar surface area (TPSA) is 84.0 Å². The Labute approximate surface area is 91.6 Å². The summed E-state index contributed by atoms with van der Waals surface area (Å²) in [5.74, 6) is 0. The molecule has 0 heterocycles. The van der Waals surface area contributed by atoms with Crippen molar-refractivity contribution in [3.8, 4) is 0 Å². The van der Waals surface area contributed by atoms with Crippen LogP contribution < -0.4 is 5.73 Å². The van der Waals surface area contributed by atoms with Gasteiger partial charge in [-0.3, -0.25) is 0 Å². The zero-order valence-electron chi connectivity index (χ0n) is 10.2. The molecule has 0 aliphatic rings. The van der Waals surface area contributed by atoms with Crippen molar-refractivity contribution in [1.82, 2.24) is 0 Å².